The van der Waals surface area contributed by atoms with Gasteiger partial charge in [-0.3, -0.25) is 0 Å². The summed E-state index contributed by atoms with van der Waals surface area (Å²) in [7, 11) is 0. The lowest BCUT2D eigenvalue weighted by atomic mass is 9.74. The van der Waals surface area contributed by atoms with Gasteiger partial charge < -0.3 is 9.84 Å². The van der Waals surface area contributed by atoms with Gasteiger partial charge in [-0.1, -0.05) is 28.1 Å². The first-order chi connectivity index (χ1) is 8.59. The summed E-state index contributed by atoms with van der Waals surface area (Å²) >= 11 is 3.47. The highest BCUT2D eigenvalue weighted by Crippen LogP contribution is 2.43. The Morgan fingerprint density at radius 1 is 1.44 bits per heavy atom. The molecule has 3 nitrogen and oxygen atoms in total. The fourth-order valence-corrected chi connectivity index (χ4v) is 3.04. The average molecular weight is 310 g/mol. The first kappa shape index (κ1) is 13.5. The summed E-state index contributed by atoms with van der Waals surface area (Å²) < 4.78 is 6.15. The molecule has 1 unspecified atom stereocenters. The summed E-state index contributed by atoms with van der Waals surface area (Å²) in [4.78, 5) is 0. The first-order valence-corrected chi connectivity index (χ1v) is 6.81. The van der Waals surface area contributed by atoms with E-state index in [0.717, 1.165) is 15.6 Å². The third-order valence-corrected chi connectivity index (χ3v) is 4.27. The average Bonchev–Trinajstić information content (AvgIpc) is 2.39. The van der Waals surface area contributed by atoms with Gasteiger partial charge in [0.1, 0.15) is 0 Å². The van der Waals surface area contributed by atoms with Crippen LogP contribution < -0.4 is 0 Å². The molecule has 1 heterocycles. The van der Waals surface area contributed by atoms with Crippen molar-refractivity contribution in [1.82, 2.24) is 0 Å². The zero-order chi connectivity index (χ0) is 13.2. The van der Waals surface area contributed by atoms with E-state index < -0.39 is 11.5 Å². The number of halogens is 1. The first-order valence-electron chi connectivity index (χ1n) is 6.02. The molecule has 4 heteroatoms. The van der Waals surface area contributed by atoms with Gasteiger partial charge in [0, 0.05) is 17.7 Å². The van der Waals surface area contributed by atoms with Crippen LogP contribution in [0.1, 0.15) is 30.1 Å². The molecule has 1 saturated heterocycles. The van der Waals surface area contributed by atoms with Crippen LogP contribution in [-0.4, -0.2) is 18.3 Å². The zero-order valence-corrected chi connectivity index (χ0v) is 11.9. The minimum atomic E-state index is -0.777. The molecule has 1 fully saturated rings. The van der Waals surface area contributed by atoms with Crippen LogP contribution in [0.15, 0.2) is 22.7 Å². The molecule has 18 heavy (non-hydrogen) atoms. The van der Waals surface area contributed by atoms with Crippen LogP contribution in [0.3, 0.4) is 0 Å². The molecule has 1 N–H and O–H groups in total. The van der Waals surface area contributed by atoms with E-state index in [1.54, 1.807) is 0 Å². The van der Waals surface area contributed by atoms with Crippen LogP contribution in [-0.2, 0) is 4.74 Å². The standard InChI is InChI=1S/C14H16BrNO2/c1-10-2-3-11(12(15)8-10)13(17)14(9-16)4-6-18-7-5-14/h2-3,8,13,17H,4-7H2,1H3. The van der Waals surface area contributed by atoms with Crippen LogP contribution in [0.2, 0.25) is 0 Å². The number of rotatable bonds is 2. The number of aliphatic hydroxyl groups is 1. The van der Waals surface area contributed by atoms with Crippen molar-refractivity contribution in [3.63, 3.8) is 0 Å². The van der Waals surface area contributed by atoms with Crippen molar-refractivity contribution < 1.29 is 9.84 Å². The van der Waals surface area contributed by atoms with Crippen LogP contribution in [0.25, 0.3) is 0 Å². The second-order valence-electron chi connectivity index (χ2n) is 4.81. The number of hydrogen-bond acceptors (Lipinski definition) is 3. The molecular formula is C14H16BrNO2. The minimum Gasteiger partial charge on any atom is -0.387 e. The second-order valence-corrected chi connectivity index (χ2v) is 5.66. The van der Waals surface area contributed by atoms with E-state index in [1.807, 2.05) is 25.1 Å². The van der Waals surface area contributed by atoms with E-state index in [1.165, 1.54) is 0 Å². The van der Waals surface area contributed by atoms with Crippen molar-refractivity contribution in [3.8, 4) is 6.07 Å². The van der Waals surface area contributed by atoms with Crippen molar-refractivity contribution in [2.24, 2.45) is 5.41 Å². The maximum Gasteiger partial charge on any atom is 0.0988 e. The summed E-state index contributed by atoms with van der Waals surface area (Å²) in [5, 5.41) is 20.0. The van der Waals surface area contributed by atoms with Gasteiger partial charge in [-0.25, -0.2) is 0 Å². The molecule has 96 valence electrons. The second kappa shape index (κ2) is 5.40. The molecular weight excluding hydrogens is 294 g/mol. The van der Waals surface area contributed by atoms with E-state index in [4.69, 9.17) is 4.74 Å². The summed E-state index contributed by atoms with van der Waals surface area (Å²) in [5.74, 6) is 0. The Balaban J connectivity index is 2.34. The Labute approximate surface area is 116 Å². The largest absolute Gasteiger partial charge is 0.387 e. The summed E-state index contributed by atoms with van der Waals surface area (Å²) in [6, 6.07) is 8.11. The highest BCUT2D eigenvalue weighted by molar-refractivity contribution is 9.10. The number of hydrogen-bond donors (Lipinski definition) is 1. The van der Waals surface area contributed by atoms with Crippen LogP contribution in [0, 0.1) is 23.7 Å². The number of aliphatic hydroxyl groups excluding tert-OH is 1. The van der Waals surface area contributed by atoms with Gasteiger partial charge in [0.25, 0.3) is 0 Å². The van der Waals surface area contributed by atoms with Gasteiger partial charge in [-0.2, -0.15) is 5.26 Å². The fraction of sp³-hybridized carbons (Fsp3) is 0.500. The van der Waals surface area contributed by atoms with Gasteiger partial charge >= 0.3 is 0 Å². The molecule has 0 radical (unpaired) electrons. The fourth-order valence-electron chi connectivity index (χ4n) is 2.33. The lowest BCUT2D eigenvalue weighted by Crippen LogP contribution is -2.34. The van der Waals surface area contributed by atoms with Crippen molar-refractivity contribution >= 4 is 15.9 Å². The zero-order valence-electron chi connectivity index (χ0n) is 10.3. The van der Waals surface area contributed by atoms with Gasteiger partial charge in [-0.05, 0) is 37.0 Å². The molecule has 2 rings (SSSR count). The molecule has 1 atom stereocenters. The molecule has 0 saturated carbocycles. The smallest absolute Gasteiger partial charge is 0.0988 e. The molecule has 0 bridgehead atoms. The topological polar surface area (TPSA) is 53.2 Å². The molecule has 0 aromatic heterocycles. The van der Waals surface area contributed by atoms with Gasteiger partial charge in [0.15, 0.2) is 0 Å². The van der Waals surface area contributed by atoms with Crippen molar-refractivity contribution in [1.29, 1.82) is 5.26 Å². The summed E-state index contributed by atoms with van der Waals surface area (Å²) in [6.45, 7) is 3.07. The molecule has 1 aromatic rings. The molecule has 0 spiro atoms. The van der Waals surface area contributed by atoms with E-state index in [9.17, 15) is 10.4 Å². The quantitative estimate of drug-likeness (QED) is 0.913. The summed E-state index contributed by atoms with van der Waals surface area (Å²) in [5.41, 5.74) is 1.18. The number of nitriles is 1. The number of benzene rings is 1. The molecule has 1 aliphatic rings. The molecule has 0 amide bonds. The number of ether oxygens (including phenoxy) is 1. The molecule has 1 aromatic carbocycles. The predicted octanol–water partition coefficient (Wildman–Crippen LogP) is 3.11. The van der Waals surface area contributed by atoms with Gasteiger partial charge in [0.05, 0.1) is 17.6 Å². The summed E-state index contributed by atoms with van der Waals surface area (Å²) in [6.07, 6.45) is 0.372. The van der Waals surface area contributed by atoms with Crippen LogP contribution in [0.5, 0.6) is 0 Å². The van der Waals surface area contributed by atoms with Gasteiger partial charge in [0.2, 0.25) is 0 Å². The lowest BCUT2D eigenvalue weighted by molar-refractivity contribution is -0.0312. The van der Waals surface area contributed by atoms with Gasteiger partial charge in [-0.15, -0.1) is 0 Å². The third kappa shape index (κ3) is 2.44. The van der Waals surface area contributed by atoms with Crippen LogP contribution in [0.4, 0.5) is 0 Å². The lowest BCUT2D eigenvalue weighted by Gasteiger charge is -2.35. The Hall–Kier alpha value is -0.890. The molecule has 1 aliphatic heterocycles. The van der Waals surface area contributed by atoms with Crippen LogP contribution >= 0.6 is 15.9 Å². The number of aryl methyl sites for hydroxylation is 1. The van der Waals surface area contributed by atoms with E-state index in [0.29, 0.717) is 26.1 Å². The third-order valence-electron chi connectivity index (χ3n) is 3.58. The van der Waals surface area contributed by atoms with Crippen molar-refractivity contribution in [3.05, 3.63) is 33.8 Å². The highest BCUT2D eigenvalue weighted by atomic mass is 79.9. The Bertz CT molecular complexity index is 475. The normalized spacial score (nSPS) is 20.1. The SMILES string of the molecule is Cc1ccc(C(O)C2(C#N)CCOCC2)c(Br)c1. The van der Waals surface area contributed by atoms with Crippen molar-refractivity contribution in [2.45, 2.75) is 25.9 Å². The van der Waals surface area contributed by atoms with Crippen molar-refractivity contribution in [2.75, 3.05) is 13.2 Å². The Morgan fingerprint density at radius 3 is 2.67 bits per heavy atom. The predicted molar refractivity (Wildman–Crippen MR) is 71.9 cm³/mol. The Morgan fingerprint density at radius 2 is 2.11 bits per heavy atom. The van der Waals surface area contributed by atoms with E-state index in [2.05, 4.69) is 22.0 Å². The maximum atomic E-state index is 10.6. The number of nitrogens with zero attached hydrogens (tertiary/aromatic N) is 1. The monoisotopic (exact) mass is 309 g/mol. The van der Waals surface area contributed by atoms with E-state index >= 15 is 0 Å². The highest BCUT2D eigenvalue weighted by Gasteiger charge is 2.41. The van der Waals surface area contributed by atoms with E-state index in [-0.39, 0.29) is 0 Å². The molecule has 0 aliphatic carbocycles. The minimum absolute atomic E-state index is 0.536. The maximum absolute atomic E-state index is 10.6. The Kier molecular flexibility index (Phi) is 4.06.